The predicted octanol–water partition coefficient (Wildman–Crippen LogP) is 0.625. The van der Waals surface area contributed by atoms with Gasteiger partial charge in [-0.1, -0.05) is 6.92 Å². The number of carbonyl (C=O) groups excluding carboxylic acids is 2. The van der Waals surface area contributed by atoms with Gasteiger partial charge in [0, 0.05) is 20.4 Å². The van der Waals surface area contributed by atoms with Crippen LogP contribution < -0.4 is 0 Å². The second kappa shape index (κ2) is 3.93. The lowest BCUT2D eigenvalue weighted by atomic mass is 10.1. The van der Waals surface area contributed by atoms with E-state index >= 15 is 0 Å². The van der Waals surface area contributed by atoms with E-state index in [2.05, 4.69) is 4.99 Å². The summed E-state index contributed by atoms with van der Waals surface area (Å²) in [5.74, 6) is -0.440. The van der Waals surface area contributed by atoms with Crippen molar-refractivity contribution in [1.82, 2.24) is 0 Å². The quantitative estimate of drug-likeness (QED) is 0.427. The molecule has 0 rings (SSSR count). The van der Waals surface area contributed by atoms with Gasteiger partial charge in [-0.3, -0.25) is 14.6 Å². The molecule has 0 aromatic rings. The molecule has 0 atom stereocenters. The SMILES string of the molecule is CCC(=O)/C(=N/C)C(C)=O. The summed E-state index contributed by atoms with van der Waals surface area (Å²) >= 11 is 0. The normalized spacial score (nSPS) is 11.3. The minimum absolute atomic E-state index is 0.0718. The maximum atomic E-state index is 10.8. The van der Waals surface area contributed by atoms with Crippen LogP contribution in [0.1, 0.15) is 20.3 Å². The van der Waals surface area contributed by atoms with E-state index in [0.29, 0.717) is 6.42 Å². The van der Waals surface area contributed by atoms with Crippen molar-refractivity contribution in [2.75, 3.05) is 7.05 Å². The molecule has 0 saturated heterocycles. The second-order valence-electron chi connectivity index (χ2n) is 1.91. The van der Waals surface area contributed by atoms with Crippen molar-refractivity contribution < 1.29 is 9.59 Å². The molecule has 0 bridgehead atoms. The van der Waals surface area contributed by atoms with Crippen LogP contribution in [0.15, 0.2) is 4.99 Å². The molecular weight excluding hydrogens is 130 g/mol. The summed E-state index contributed by atoms with van der Waals surface area (Å²) in [5, 5.41) is 0. The Hall–Kier alpha value is -0.990. The van der Waals surface area contributed by atoms with Crippen LogP contribution >= 0.6 is 0 Å². The van der Waals surface area contributed by atoms with Crippen LogP contribution in [-0.4, -0.2) is 24.3 Å². The van der Waals surface area contributed by atoms with Crippen molar-refractivity contribution in [2.24, 2.45) is 4.99 Å². The van der Waals surface area contributed by atoms with E-state index < -0.39 is 0 Å². The fourth-order valence-corrected chi connectivity index (χ4v) is 0.646. The molecule has 0 saturated carbocycles. The molecule has 0 N–H and O–H groups in total. The summed E-state index contributed by atoms with van der Waals surface area (Å²) in [5.41, 5.74) is 0.0718. The molecular formula is C7H11NO2. The Bertz CT molecular complexity index is 182. The molecule has 3 nitrogen and oxygen atoms in total. The lowest BCUT2D eigenvalue weighted by Gasteiger charge is -1.94. The highest BCUT2D eigenvalue weighted by molar-refractivity contribution is 6.65. The number of hydrogen-bond donors (Lipinski definition) is 0. The van der Waals surface area contributed by atoms with Gasteiger partial charge in [-0.15, -0.1) is 0 Å². The average molecular weight is 141 g/mol. The number of aliphatic imine (C=N–C) groups is 1. The zero-order chi connectivity index (χ0) is 8.15. The number of carbonyl (C=O) groups is 2. The maximum Gasteiger partial charge on any atom is 0.184 e. The largest absolute Gasteiger partial charge is 0.293 e. The first kappa shape index (κ1) is 9.01. The van der Waals surface area contributed by atoms with E-state index in [1.165, 1.54) is 14.0 Å². The van der Waals surface area contributed by atoms with Gasteiger partial charge in [0.15, 0.2) is 11.6 Å². The van der Waals surface area contributed by atoms with Gasteiger partial charge >= 0.3 is 0 Å². The maximum absolute atomic E-state index is 10.8. The monoisotopic (exact) mass is 141 g/mol. The topological polar surface area (TPSA) is 46.5 Å². The van der Waals surface area contributed by atoms with Crippen LogP contribution in [0.25, 0.3) is 0 Å². The molecule has 0 aromatic carbocycles. The smallest absolute Gasteiger partial charge is 0.184 e. The van der Waals surface area contributed by atoms with Crippen LogP contribution in [-0.2, 0) is 9.59 Å². The van der Waals surface area contributed by atoms with Crippen molar-refractivity contribution in [1.29, 1.82) is 0 Å². The first-order valence-electron chi connectivity index (χ1n) is 3.14. The van der Waals surface area contributed by atoms with E-state index in [0.717, 1.165) is 0 Å². The third-order valence-corrected chi connectivity index (χ3v) is 1.14. The Morgan fingerprint density at radius 2 is 1.90 bits per heavy atom. The van der Waals surface area contributed by atoms with E-state index in [9.17, 15) is 9.59 Å². The molecule has 0 aliphatic heterocycles. The molecule has 0 aliphatic carbocycles. The minimum atomic E-state index is -0.255. The molecule has 56 valence electrons. The molecule has 0 aromatic heterocycles. The van der Waals surface area contributed by atoms with E-state index in [1.54, 1.807) is 6.92 Å². The lowest BCUT2D eigenvalue weighted by Crippen LogP contribution is -2.20. The lowest BCUT2D eigenvalue weighted by molar-refractivity contribution is -0.115. The Morgan fingerprint density at radius 3 is 2.00 bits per heavy atom. The van der Waals surface area contributed by atoms with Crippen molar-refractivity contribution in [2.45, 2.75) is 20.3 Å². The van der Waals surface area contributed by atoms with Gasteiger partial charge in [0.05, 0.1) is 0 Å². The van der Waals surface area contributed by atoms with Crippen molar-refractivity contribution in [3.8, 4) is 0 Å². The summed E-state index contributed by atoms with van der Waals surface area (Å²) in [6.07, 6.45) is 0.340. The second-order valence-corrected chi connectivity index (χ2v) is 1.91. The van der Waals surface area contributed by atoms with E-state index in [4.69, 9.17) is 0 Å². The average Bonchev–Trinajstić information content (AvgIpc) is 1.88. The predicted molar refractivity (Wildman–Crippen MR) is 39.3 cm³/mol. The van der Waals surface area contributed by atoms with Gasteiger partial charge in [0.2, 0.25) is 0 Å². The number of ketones is 2. The summed E-state index contributed by atoms with van der Waals surface area (Å²) in [6.45, 7) is 3.05. The number of rotatable bonds is 3. The third kappa shape index (κ3) is 2.09. The number of hydrogen-bond acceptors (Lipinski definition) is 3. The molecule has 0 heterocycles. The minimum Gasteiger partial charge on any atom is -0.293 e. The van der Waals surface area contributed by atoms with Gasteiger partial charge < -0.3 is 0 Å². The highest BCUT2D eigenvalue weighted by Crippen LogP contribution is 1.87. The molecule has 10 heavy (non-hydrogen) atoms. The summed E-state index contributed by atoms with van der Waals surface area (Å²) < 4.78 is 0. The zero-order valence-corrected chi connectivity index (χ0v) is 6.47. The van der Waals surface area contributed by atoms with Gasteiger partial charge in [-0.25, -0.2) is 0 Å². The van der Waals surface area contributed by atoms with Gasteiger partial charge in [0.1, 0.15) is 5.71 Å². The Balaban J connectivity index is 4.39. The molecule has 3 heteroatoms. The molecule has 0 spiro atoms. The number of Topliss-reactive ketones (excluding diaryl/α,β-unsaturated/α-hetero) is 2. The zero-order valence-electron chi connectivity index (χ0n) is 6.47. The van der Waals surface area contributed by atoms with Crippen LogP contribution in [0.2, 0.25) is 0 Å². The Morgan fingerprint density at radius 1 is 1.40 bits per heavy atom. The van der Waals surface area contributed by atoms with Crippen molar-refractivity contribution in [3.05, 3.63) is 0 Å². The summed E-state index contributed by atoms with van der Waals surface area (Å²) in [4.78, 5) is 25.0. The van der Waals surface area contributed by atoms with Crippen LogP contribution in [0.3, 0.4) is 0 Å². The van der Waals surface area contributed by atoms with Gasteiger partial charge in [0.25, 0.3) is 0 Å². The first-order chi connectivity index (χ1) is 4.63. The number of nitrogens with zero attached hydrogens (tertiary/aromatic N) is 1. The van der Waals surface area contributed by atoms with Crippen molar-refractivity contribution >= 4 is 17.3 Å². The van der Waals surface area contributed by atoms with Crippen LogP contribution in [0, 0.1) is 0 Å². The molecule has 0 radical (unpaired) electrons. The van der Waals surface area contributed by atoms with E-state index in [-0.39, 0.29) is 17.3 Å². The Kier molecular flexibility index (Phi) is 3.54. The Labute approximate surface area is 60.1 Å². The fraction of sp³-hybridized carbons (Fsp3) is 0.571. The third-order valence-electron chi connectivity index (χ3n) is 1.14. The summed E-state index contributed by atoms with van der Waals surface area (Å²) in [6, 6.07) is 0. The fourth-order valence-electron chi connectivity index (χ4n) is 0.646. The van der Waals surface area contributed by atoms with E-state index in [1.807, 2.05) is 0 Å². The van der Waals surface area contributed by atoms with Crippen LogP contribution in [0.4, 0.5) is 0 Å². The molecule has 0 aliphatic rings. The first-order valence-corrected chi connectivity index (χ1v) is 3.14. The highest BCUT2D eigenvalue weighted by atomic mass is 16.1. The molecule has 0 unspecified atom stereocenters. The van der Waals surface area contributed by atoms with Gasteiger partial charge in [-0.2, -0.15) is 0 Å². The summed E-state index contributed by atoms with van der Waals surface area (Å²) in [7, 11) is 1.45. The molecule has 0 amide bonds. The highest BCUT2D eigenvalue weighted by Gasteiger charge is 2.11. The standard InChI is InChI=1S/C7H11NO2/c1-4-6(10)7(8-3)5(2)9/h4H2,1-3H3/b8-7+. The molecule has 0 fully saturated rings. The van der Waals surface area contributed by atoms with Crippen molar-refractivity contribution in [3.63, 3.8) is 0 Å². The van der Waals surface area contributed by atoms with Gasteiger partial charge in [-0.05, 0) is 0 Å². The van der Waals surface area contributed by atoms with Crippen LogP contribution in [0.5, 0.6) is 0 Å².